The summed E-state index contributed by atoms with van der Waals surface area (Å²) in [4.78, 5) is 32.9. The second-order valence-electron chi connectivity index (χ2n) is 7.42. The number of rotatable bonds is 6. The molecule has 35 heavy (non-hydrogen) atoms. The number of hydrogen-bond acceptors (Lipinski definition) is 6. The zero-order valence-electron chi connectivity index (χ0n) is 18.4. The van der Waals surface area contributed by atoms with Crippen molar-refractivity contribution in [3.63, 3.8) is 0 Å². The van der Waals surface area contributed by atoms with Crippen molar-refractivity contribution in [3.05, 3.63) is 100.0 Å². The number of anilines is 1. The molecule has 3 heterocycles. The summed E-state index contributed by atoms with van der Waals surface area (Å²) < 4.78 is 12.1. The highest BCUT2D eigenvalue weighted by molar-refractivity contribution is 6.31. The average molecular weight is 488 g/mol. The molecule has 0 saturated heterocycles. The van der Waals surface area contributed by atoms with Gasteiger partial charge in [-0.25, -0.2) is 4.98 Å². The Bertz CT molecular complexity index is 1560. The maximum atomic E-state index is 13.2. The van der Waals surface area contributed by atoms with Gasteiger partial charge in [0.05, 0.1) is 24.6 Å². The largest absolute Gasteiger partial charge is 0.496 e. The first-order chi connectivity index (χ1) is 17.0. The summed E-state index contributed by atoms with van der Waals surface area (Å²) in [6, 6.07) is 20.5. The number of amides is 1. The quantitative estimate of drug-likeness (QED) is 0.355. The smallest absolute Gasteiger partial charge is 0.260 e. The molecule has 0 unspecified atom stereocenters. The third kappa shape index (κ3) is 4.57. The zero-order chi connectivity index (χ0) is 24.4. The van der Waals surface area contributed by atoms with E-state index >= 15 is 0 Å². The lowest BCUT2D eigenvalue weighted by atomic mass is 10.1. The van der Waals surface area contributed by atoms with Crippen LogP contribution in [0.4, 0.5) is 5.82 Å². The fourth-order valence-electron chi connectivity index (χ4n) is 3.52. The third-order valence-corrected chi connectivity index (χ3v) is 5.37. The van der Waals surface area contributed by atoms with E-state index in [-0.39, 0.29) is 22.9 Å². The van der Waals surface area contributed by atoms with E-state index in [1.807, 2.05) is 30.3 Å². The summed E-state index contributed by atoms with van der Waals surface area (Å²) in [5.41, 5.74) is 1.49. The summed E-state index contributed by atoms with van der Waals surface area (Å²) in [5.74, 6) is 0.695. The first-order valence-corrected chi connectivity index (χ1v) is 10.9. The number of benzene rings is 2. The number of nitrogens with one attached hydrogen (secondary N) is 2. The van der Waals surface area contributed by atoms with E-state index in [1.165, 1.54) is 30.2 Å². The monoisotopic (exact) mass is 487 g/mol. The molecule has 0 atom stereocenters. The van der Waals surface area contributed by atoms with Crippen LogP contribution in [0.25, 0.3) is 28.7 Å². The highest BCUT2D eigenvalue weighted by Gasteiger charge is 2.20. The second-order valence-corrected chi connectivity index (χ2v) is 7.86. The van der Waals surface area contributed by atoms with Gasteiger partial charge in [0.25, 0.3) is 11.5 Å². The van der Waals surface area contributed by atoms with Gasteiger partial charge in [-0.15, -0.1) is 0 Å². The molecule has 0 aliphatic rings. The van der Waals surface area contributed by atoms with Crippen molar-refractivity contribution < 1.29 is 13.9 Å². The zero-order valence-corrected chi connectivity index (χ0v) is 19.1. The van der Waals surface area contributed by atoms with Gasteiger partial charge in [0.1, 0.15) is 17.3 Å². The predicted molar refractivity (Wildman–Crippen MR) is 131 cm³/mol. The summed E-state index contributed by atoms with van der Waals surface area (Å²) in [6.45, 7) is 0. The van der Waals surface area contributed by atoms with Gasteiger partial charge < -0.3 is 14.5 Å². The van der Waals surface area contributed by atoms with Crippen LogP contribution >= 0.6 is 11.6 Å². The van der Waals surface area contributed by atoms with E-state index in [4.69, 9.17) is 20.8 Å². The number of aromatic amines is 1. The Morgan fingerprint density at radius 2 is 1.89 bits per heavy atom. The van der Waals surface area contributed by atoms with Crippen LogP contribution in [0.2, 0.25) is 5.02 Å². The Balaban J connectivity index is 1.61. The molecule has 2 N–H and O–H groups in total. The number of carbonyl (C=O) groups is 1. The molecule has 0 fully saturated rings. The fourth-order valence-corrected chi connectivity index (χ4v) is 3.69. The number of hydrogen-bond donors (Lipinski definition) is 2. The highest BCUT2D eigenvalue weighted by Crippen LogP contribution is 2.27. The van der Waals surface area contributed by atoms with Gasteiger partial charge in [-0.05, 0) is 30.3 Å². The standard InChI is InChI=1S/C25H18ClN5O4/c1-34-20-10-9-16(26)12-17(20)24(33)28-22-13-19(21-8-5-11-35-21)30-31(22)25-27-18(14-23(32)29-25)15-6-3-2-4-7-15/h2-14H,1H3,(H,28,33)(H,27,29,32). The molecule has 9 nitrogen and oxygen atoms in total. The molecule has 0 spiro atoms. The number of furan rings is 1. The highest BCUT2D eigenvalue weighted by atomic mass is 35.5. The van der Waals surface area contributed by atoms with E-state index < -0.39 is 5.91 Å². The minimum atomic E-state index is -0.488. The molecule has 174 valence electrons. The molecule has 3 aromatic heterocycles. The van der Waals surface area contributed by atoms with Crippen LogP contribution in [-0.4, -0.2) is 32.8 Å². The van der Waals surface area contributed by atoms with Crippen molar-refractivity contribution >= 4 is 23.3 Å². The third-order valence-electron chi connectivity index (χ3n) is 5.13. The lowest BCUT2D eigenvalue weighted by molar-refractivity contribution is 0.102. The molecule has 0 saturated carbocycles. The number of ether oxygens (including phenoxy) is 1. The summed E-state index contributed by atoms with van der Waals surface area (Å²) in [7, 11) is 1.46. The molecule has 0 radical (unpaired) electrons. The Morgan fingerprint density at radius 3 is 2.63 bits per heavy atom. The molecule has 0 bridgehead atoms. The van der Waals surface area contributed by atoms with Crippen LogP contribution in [0.1, 0.15) is 10.4 Å². The summed E-state index contributed by atoms with van der Waals surface area (Å²) in [6.07, 6.45) is 1.51. The van der Waals surface area contributed by atoms with Crippen molar-refractivity contribution in [2.45, 2.75) is 0 Å². The Labute approximate surface area is 204 Å². The number of aromatic nitrogens is 4. The van der Waals surface area contributed by atoms with Crippen LogP contribution in [0.5, 0.6) is 5.75 Å². The van der Waals surface area contributed by atoms with Crippen molar-refractivity contribution in [2.75, 3.05) is 12.4 Å². The molecule has 2 aromatic carbocycles. The topological polar surface area (TPSA) is 115 Å². The van der Waals surface area contributed by atoms with Crippen molar-refractivity contribution in [3.8, 4) is 34.4 Å². The molecule has 0 aliphatic heterocycles. The minimum Gasteiger partial charge on any atom is -0.496 e. The predicted octanol–water partition coefficient (Wildman–Crippen LogP) is 4.80. The lowest BCUT2D eigenvalue weighted by Crippen LogP contribution is -2.19. The van der Waals surface area contributed by atoms with Crippen LogP contribution in [0.3, 0.4) is 0 Å². The first-order valence-electron chi connectivity index (χ1n) is 10.5. The fraction of sp³-hybridized carbons (Fsp3) is 0.0400. The first kappa shape index (κ1) is 22.2. The Hall–Kier alpha value is -4.63. The van der Waals surface area contributed by atoms with Gasteiger partial charge >= 0.3 is 0 Å². The van der Waals surface area contributed by atoms with Gasteiger partial charge in [0.2, 0.25) is 5.95 Å². The SMILES string of the molecule is COc1ccc(Cl)cc1C(=O)Nc1cc(-c2ccco2)nn1-c1nc(-c2ccccc2)cc(=O)[nH]1. The number of methoxy groups -OCH3 is 1. The van der Waals surface area contributed by atoms with Gasteiger partial charge in [-0.2, -0.15) is 9.78 Å². The number of H-pyrrole nitrogens is 1. The van der Waals surface area contributed by atoms with Crippen LogP contribution in [-0.2, 0) is 0 Å². The minimum absolute atomic E-state index is 0.113. The second kappa shape index (κ2) is 9.32. The van der Waals surface area contributed by atoms with E-state index in [0.29, 0.717) is 27.9 Å². The van der Waals surface area contributed by atoms with Crippen LogP contribution in [0, 0.1) is 0 Å². The molecular formula is C25H18ClN5O4. The number of halogens is 1. The molecule has 5 aromatic rings. The number of nitrogens with zero attached hydrogens (tertiary/aromatic N) is 3. The maximum absolute atomic E-state index is 13.2. The van der Waals surface area contributed by atoms with Gasteiger partial charge in [-0.3, -0.25) is 14.6 Å². The Morgan fingerprint density at radius 1 is 1.06 bits per heavy atom. The van der Waals surface area contributed by atoms with Crippen LogP contribution < -0.4 is 15.6 Å². The van der Waals surface area contributed by atoms with Crippen LogP contribution in [0.15, 0.2) is 88.3 Å². The van der Waals surface area contributed by atoms with Gasteiger partial charge in [0, 0.05) is 22.7 Å². The van der Waals surface area contributed by atoms with Gasteiger partial charge in [-0.1, -0.05) is 41.9 Å². The Kier molecular flexibility index (Phi) is 5.90. The van der Waals surface area contributed by atoms with Gasteiger partial charge in [0.15, 0.2) is 5.76 Å². The lowest BCUT2D eigenvalue weighted by Gasteiger charge is -2.11. The number of carbonyl (C=O) groups excluding carboxylic acids is 1. The molecule has 5 rings (SSSR count). The van der Waals surface area contributed by atoms with E-state index in [1.54, 1.807) is 30.3 Å². The van der Waals surface area contributed by atoms with Crippen molar-refractivity contribution in [1.29, 1.82) is 0 Å². The maximum Gasteiger partial charge on any atom is 0.260 e. The normalized spacial score (nSPS) is 10.8. The summed E-state index contributed by atoms with van der Waals surface area (Å²) in [5, 5.41) is 7.71. The molecule has 10 heteroatoms. The average Bonchev–Trinajstić information content (AvgIpc) is 3.54. The van der Waals surface area contributed by atoms with E-state index in [9.17, 15) is 9.59 Å². The molecule has 1 amide bonds. The molecular weight excluding hydrogens is 470 g/mol. The van der Waals surface area contributed by atoms with E-state index in [0.717, 1.165) is 5.56 Å². The van der Waals surface area contributed by atoms with Crippen molar-refractivity contribution in [1.82, 2.24) is 19.7 Å². The van der Waals surface area contributed by atoms with Crippen molar-refractivity contribution in [2.24, 2.45) is 0 Å². The summed E-state index contributed by atoms with van der Waals surface area (Å²) >= 11 is 6.10. The van der Waals surface area contributed by atoms with E-state index in [2.05, 4.69) is 20.4 Å². The molecule has 0 aliphatic carbocycles.